The molecule has 0 aliphatic rings. The molecule has 0 saturated heterocycles. The minimum Gasteiger partial charge on any atom is -0.495 e. The third kappa shape index (κ3) is 4.10. The lowest BCUT2D eigenvalue weighted by Crippen LogP contribution is -2.21. The lowest BCUT2D eigenvalue weighted by Gasteiger charge is -2.09. The molecule has 0 spiro atoms. The van der Waals surface area contributed by atoms with E-state index >= 15 is 0 Å². The number of nitrogens with zero attached hydrogens (tertiary/aromatic N) is 1. The lowest BCUT2D eigenvalue weighted by molar-refractivity contribution is -0.116. The second-order valence-electron chi connectivity index (χ2n) is 4.38. The summed E-state index contributed by atoms with van der Waals surface area (Å²) >= 11 is 5.98. The SMILES string of the molecule is COc1ccc(NC(=O)CCn2ccccc2=O)cc1Cl. The molecule has 0 unspecified atom stereocenters. The Morgan fingerprint density at radius 2 is 2.14 bits per heavy atom. The van der Waals surface area contributed by atoms with E-state index in [4.69, 9.17) is 16.3 Å². The van der Waals surface area contributed by atoms with E-state index in [1.807, 2.05) is 0 Å². The molecule has 0 radical (unpaired) electrons. The van der Waals surface area contributed by atoms with Crippen molar-refractivity contribution in [3.63, 3.8) is 0 Å². The number of aryl methyl sites for hydroxylation is 1. The number of halogens is 1. The van der Waals surface area contributed by atoms with Crippen molar-refractivity contribution in [1.29, 1.82) is 0 Å². The van der Waals surface area contributed by atoms with Crippen LogP contribution in [0.2, 0.25) is 5.02 Å². The molecule has 5 nitrogen and oxygen atoms in total. The Kier molecular flexibility index (Phi) is 5.00. The number of carbonyl (C=O) groups is 1. The summed E-state index contributed by atoms with van der Waals surface area (Å²) in [6, 6.07) is 9.88. The van der Waals surface area contributed by atoms with E-state index < -0.39 is 0 Å². The van der Waals surface area contributed by atoms with Gasteiger partial charge in [-0.25, -0.2) is 0 Å². The van der Waals surface area contributed by atoms with Crippen LogP contribution in [-0.2, 0) is 11.3 Å². The fourth-order valence-corrected chi connectivity index (χ4v) is 2.09. The zero-order valence-electron chi connectivity index (χ0n) is 11.5. The normalized spacial score (nSPS) is 10.2. The fourth-order valence-electron chi connectivity index (χ4n) is 1.84. The van der Waals surface area contributed by atoms with Crippen molar-refractivity contribution in [3.8, 4) is 5.75 Å². The molecule has 1 aromatic heterocycles. The minimum atomic E-state index is -0.188. The second kappa shape index (κ2) is 6.95. The van der Waals surface area contributed by atoms with E-state index in [1.54, 1.807) is 36.5 Å². The largest absolute Gasteiger partial charge is 0.495 e. The maximum Gasteiger partial charge on any atom is 0.250 e. The van der Waals surface area contributed by atoms with Gasteiger partial charge in [0.25, 0.3) is 5.56 Å². The fraction of sp³-hybridized carbons (Fsp3) is 0.200. The summed E-state index contributed by atoms with van der Waals surface area (Å²) in [5.74, 6) is 0.359. The van der Waals surface area contributed by atoms with Crippen LogP contribution < -0.4 is 15.6 Å². The Hall–Kier alpha value is -2.27. The highest BCUT2D eigenvalue weighted by Gasteiger charge is 2.06. The predicted molar refractivity (Wildman–Crippen MR) is 82.0 cm³/mol. The van der Waals surface area contributed by atoms with Crippen LogP contribution in [0.4, 0.5) is 5.69 Å². The first-order valence-electron chi connectivity index (χ1n) is 6.39. The molecule has 2 aromatic rings. The van der Waals surface area contributed by atoms with Gasteiger partial charge in [0.05, 0.1) is 12.1 Å². The van der Waals surface area contributed by atoms with Crippen LogP contribution in [0.15, 0.2) is 47.4 Å². The van der Waals surface area contributed by atoms with E-state index in [2.05, 4.69) is 5.32 Å². The average Bonchev–Trinajstić information content (AvgIpc) is 2.46. The van der Waals surface area contributed by atoms with Crippen LogP contribution in [0.25, 0.3) is 0 Å². The molecule has 21 heavy (non-hydrogen) atoms. The highest BCUT2D eigenvalue weighted by Crippen LogP contribution is 2.27. The maximum atomic E-state index is 11.9. The third-order valence-corrected chi connectivity index (χ3v) is 3.21. The van der Waals surface area contributed by atoms with Crippen molar-refractivity contribution in [2.24, 2.45) is 0 Å². The first kappa shape index (κ1) is 15.1. The summed E-state index contributed by atoms with van der Waals surface area (Å²) in [5.41, 5.74) is 0.462. The van der Waals surface area contributed by atoms with Gasteiger partial charge in [0, 0.05) is 30.9 Å². The number of aromatic nitrogens is 1. The molecule has 110 valence electrons. The molecule has 1 N–H and O–H groups in total. The number of rotatable bonds is 5. The molecule has 0 aliphatic carbocycles. The van der Waals surface area contributed by atoms with Crippen LogP contribution >= 0.6 is 11.6 Å². The van der Waals surface area contributed by atoms with Crippen molar-refractivity contribution >= 4 is 23.2 Å². The molecular formula is C15H15ClN2O3. The van der Waals surface area contributed by atoms with Gasteiger partial charge < -0.3 is 14.6 Å². The van der Waals surface area contributed by atoms with E-state index in [0.717, 1.165) is 0 Å². The molecule has 1 heterocycles. The van der Waals surface area contributed by atoms with Crippen molar-refractivity contribution < 1.29 is 9.53 Å². The highest BCUT2D eigenvalue weighted by atomic mass is 35.5. The smallest absolute Gasteiger partial charge is 0.250 e. The average molecular weight is 307 g/mol. The van der Waals surface area contributed by atoms with Gasteiger partial charge >= 0.3 is 0 Å². The predicted octanol–water partition coefficient (Wildman–Crippen LogP) is 2.54. The van der Waals surface area contributed by atoms with Gasteiger partial charge in [-0.3, -0.25) is 9.59 Å². The first-order chi connectivity index (χ1) is 10.1. The minimum absolute atomic E-state index is 0.127. The molecule has 0 atom stereocenters. The Balaban J connectivity index is 1.94. The van der Waals surface area contributed by atoms with Gasteiger partial charge in [-0.2, -0.15) is 0 Å². The number of anilines is 1. The quantitative estimate of drug-likeness (QED) is 0.923. The zero-order chi connectivity index (χ0) is 15.2. The van der Waals surface area contributed by atoms with Crippen LogP contribution in [0.5, 0.6) is 5.75 Å². The van der Waals surface area contributed by atoms with E-state index in [0.29, 0.717) is 23.0 Å². The number of ether oxygens (including phenoxy) is 1. The topological polar surface area (TPSA) is 60.3 Å². The molecule has 0 bridgehead atoms. The summed E-state index contributed by atoms with van der Waals surface area (Å²) in [4.78, 5) is 23.4. The second-order valence-corrected chi connectivity index (χ2v) is 4.79. The van der Waals surface area contributed by atoms with Crippen LogP contribution in [0, 0.1) is 0 Å². The standard InChI is InChI=1S/C15H15ClN2O3/c1-21-13-6-5-11(10-12(13)16)17-14(19)7-9-18-8-3-2-4-15(18)20/h2-6,8,10H,7,9H2,1H3,(H,17,19). The van der Waals surface area contributed by atoms with E-state index in [1.165, 1.54) is 17.7 Å². The molecule has 1 aromatic carbocycles. The van der Waals surface area contributed by atoms with Gasteiger partial charge in [0.2, 0.25) is 5.91 Å². The molecule has 1 amide bonds. The molecule has 0 fully saturated rings. The number of pyridine rings is 1. The number of hydrogen-bond donors (Lipinski definition) is 1. The Morgan fingerprint density at radius 1 is 1.33 bits per heavy atom. The summed E-state index contributed by atoms with van der Waals surface area (Å²) in [5, 5.41) is 3.15. The summed E-state index contributed by atoms with van der Waals surface area (Å²) < 4.78 is 6.53. The molecule has 0 aliphatic heterocycles. The Bertz CT molecular complexity index is 697. The molecular weight excluding hydrogens is 292 g/mol. The van der Waals surface area contributed by atoms with Gasteiger partial charge in [-0.15, -0.1) is 0 Å². The maximum absolute atomic E-state index is 11.9. The van der Waals surface area contributed by atoms with Crippen LogP contribution in [0.1, 0.15) is 6.42 Å². The highest BCUT2D eigenvalue weighted by molar-refractivity contribution is 6.32. The molecule has 6 heteroatoms. The Morgan fingerprint density at radius 3 is 2.81 bits per heavy atom. The molecule has 0 saturated carbocycles. The van der Waals surface area contributed by atoms with Gasteiger partial charge in [0.15, 0.2) is 0 Å². The third-order valence-electron chi connectivity index (χ3n) is 2.91. The van der Waals surface area contributed by atoms with Crippen LogP contribution in [0.3, 0.4) is 0 Å². The number of methoxy groups -OCH3 is 1. The molecule has 2 rings (SSSR count). The summed E-state index contributed by atoms with van der Waals surface area (Å²) in [6.45, 7) is 0.329. The van der Waals surface area contributed by atoms with Gasteiger partial charge in [-0.05, 0) is 24.3 Å². The monoisotopic (exact) mass is 306 g/mol. The van der Waals surface area contributed by atoms with E-state index in [-0.39, 0.29) is 17.9 Å². The van der Waals surface area contributed by atoms with Crippen molar-refractivity contribution in [2.45, 2.75) is 13.0 Å². The van der Waals surface area contributed by atoms with Gasteiger partial charge in [-0.1, -0.05) is 17.7 Å². The summed E-state index contributed by atoms with van der Waals surface area (Å²) in [7, 11) is 1.52. The summed E-state index contributed by atoms with van der Waals surface area (Å²) in [6.07, 6.45) is 1.85. The first-order valence-corrected chi connectivity index (χ1v) is 6.77. The number of benzene rings is 1. The number of hydrogen-bond acceptors (Lipinski definition) is 3. The van der Waals surface area contributed by atoms with E-state index in [9.17, 15) is 9.59 Å². The van der Waals surface area contributed by atoms with Crippen molar-refractivity contribution in [2.75, 3.05) is 12.4 Å². The zero-order valence-corrected chi connectivity index (χ0v) is 12.3. The number of nitrogens with one attached hydrogen (secondary N) is 1. The van der Waals surface area contributed by atoms with Crippen molar-refractivity contribution in [1.82, 2.24) is 4.57 Å². The van der Waals surface area contributed by atoms with Crippen molar-refractivity contribution in [3.05, 3.63) is 58.0 Å². The Labute approximate surface area is 127 Å². The van der Waals surface area contributed by atoms with Crippen LogP contribution in [-0.4, -0.2) is 17.6 Å². The van der Waals surface area contributed by atoms with Gasteiger partial charge in [0.1, 0.15) is 5.75 Å². The number of carbonyl (C=O) groups excluding carboxylic acids is 1. The number of amides is 1. The lowest BCUT2D eigenvalue weighted by atomic mass is 10.3.